The molecule has 0 fully saturated rings. The quantitative estimate of drug-likeness (QED) is 0.419. The number of benzene rings is 2. The number of rotatable bonds is 5. The molecule has 0 bridgehead atoms. The summed E-state index contributed by atoms with van der Waals surface area (Å²) < 4.78 is 12.9. The van der Waals surface area contributed by atoms with E-state index in [0.717, 1.165) is 16.9 Å². The molecule has 0 unspecified atom stereocenters. The molecule has 0 amide bonds. The van der Waals surface area contributed by atoms with Crippen LogP contribution in [-0.2, 0) is 6.54 Å². The zero-order valence-electron chi connectivity index (χ0n) is 17.8. The summed E-state index contributed by atoms with van der Waals surface area (Å²) in [5, 5.41) is 9.94. The zero-order valence-corrected chi connectivity index (χ0v) is 18.6. The van der Waals surface area contributed by atoms with Gasteiger partial charge in [0, 0.05) is 11.8 Å². The summed E-state index contributed by atoms with van der Waals surface area (Å²) in [4.78, 5) is 30.9. The van der Waals surface area contributed by atoms with Crippen molar-refractivity contribution in [2.45, 2.75) is 6.54 Å². The molecule has 1 aliphatic heterocycles. The third-order valence-corrected chi connectivity index (χ3v) is 6.37. The highest BCUT2D eigenvalue weighted by Crippen LogP contribution is 2.32. The first-order valence-electron chi connectivity index (χ1n) is 10.4. The summed E-state index contributed by atoms with van der Waals surface area (Å²) in [7, 11) is 0. The van der Waals surface area contributed by atoms with E-state index >= 15 is 0 Å². The first kappa shape index (κ1) is 21.4. The van der Waals surface area contributed by atoms with Crippen LogP contribution in [0.3, 0.4) is 0 Å². The minimum atomic E-state index is -0.437. The first-order chi connectivity index (χ1) is 16.6. The van der Waals surface area contributed by atoms with Gasteiger partial charge in [-0.2, -0.15) is 5.26 Å². The normalized spacial score (nSPS) is 13.4. The van der Waals surface area contributed by atoms with Crippen molar-refractivity contribution in [3.8, 4) is 17.6 Å². The Morgan fingerprint density at radius 3 is 2.65 bits per heavy atom. The maximum atomic E-state index is 13.4. The first-order valence-corrected chi connectivity index (χ1v) is 11.2. The smallest absolute Gasteiger partial charge is 0.269 e. The Hall–Kier alpha value is -4.48. The number of ether oxygens (including phenoxy) is 2. The summed E-state index contributed by atoms with van der Waals surface area (Å²) in [6, 6.07) is 21.4. The number of nitriles is 1. The number of pyridine rings is 1. The molecule has 7 nitrogen and oxygen atoms in total. The Balaban J connectivity index is 1.71. The fourth-order valence-electron chi connectivity index (χ4n) is 3.60. The third kappa shape index (κ3) is 4.12. The second-order valence-electron chi connectivity index (χ2n) is 7.43. The molecule has 166 valence electrons. The number of hydrogen-bond donors (Lipinski definition) is 0. The van der Waals surface area contributed by atoms with E-state index in [4.69, 9.17) is 9.47 Å². The molecule has 34 heavy (non-hydrogen) atoms. The molecule has 0 radical (unpaired) electrons. The van der Waals surface area contributed by atoms with Crippen molar-refractivity contribution in [2.24, 2.45) is 0 Å². The lowest BCUT2D eigenvalue weighted by Gasteiger charge is -2.06. The number of thiazole rings is 1. The Bertz CT molecular complexity index is 1600. The minimum absolute atomic E-state index is 0.0882. The van der Waals surface area contributed by atoms with E-state index in [1.807, 2.05) is 18.2 Å². The van der Waals surface area contributed by atoms with E-state index in [9.17, 15) is 14.9 Å². The van der Waals surface area contributed by atoms with Gasteiger partial charge >= 0.3 is 0 Å². The molecule has 0 saturated carbocycles. The van der Waals surface area contributed by atoms with Crippen molar-refractivity contribution < 1.29 is 14.3 Å². The van der Waals surface area contributed by atoms with Crippen LogP contribution < -0.4 is 24.2 Å². The Labute approximate surface area is 198 Å². The van der Waals surface area contributed by atoms with Gasteiger partial charge in [0.1, 0.15) is 16.3 Å². The molecule has 1 aliphatic rings. The van der Waals surface area contributed by atoms with E-state index < -0.39 is 5.78 Å². The fraction of sp³-hybridized carbons (Fsp3) is 0.0769. The third-order valence-electron chi connectivity index (χ3n) is 5.24. The molecule has 4 aromatic rings. The van der Waals surface area contributed by atoms with Crippen LogP contribution in [0.25, 0.3) is 11.6 Å². The van der Waals surface area contributed by atoms with E-state index in [0.29, 0.717) is 32.0 Å². The minimum Gasteiger partial charge on any atom is -0.454 e. The number of aromatic nitrogens is 2. The van der Waals surface area contributed by atoms with Gasteiger partial charge in [-0.15, -0.1) is 11.3 Å². The van der Waals surface area contributed by atoms with E-state index in [1.54, 1.807) is 66.9 Å². The van der Waals surface area contributed by atoms with Crippen molar-refractivity contribution >= 4 is 28.8 Å². The standard InChI is InChI=1S/C26H17N3O4S/c27-14-20(24(30)18-6-2-1-3-7-18)26-29(15-17-9-10-21-22(12-17)33-16-32-21)25(31)23(34-26)13-19-8-4-5-11-28-19/h1-13H,15-16H2/b23-13-,26-20+. The van der Waals surface area contributed by atoms with Gasteiger partial charge in [0.25, 0.3) is 5.56 Å². The summed E-state index contributed by atoms with van der Waals surface area (Å²) in [5.74, 6) is 0.787. The van der Waals surface area contributed by atoms with Gasteiger partial charge in [-0.3, -0.25) is 19.1 Å². The van der Waals surface area contributed by atoms with Crippen LogP contribution in [0.2, 0.25) is 0 Å². The second kappa shape index (κ2) is 9.17. The second-order valence-corrected chi connectivity index (χ2v) is 8.46. The van der Waals surface area contributed by atoms with Crippen molar-refractivity contribution in [3.63, 3.8) is 0 Å². The molecule has 0 aliphatic carbocycles. The Morgan fingerprint density at radius 1 is 1.09 bits per heavy atom. The SMILES string of the molecule is N#C/C(C(=O)c1ccccc1)=c1\s/c(=C\c2ccccn2)c(=O)n1Cc1ccc2c(c1)OCO2. The monoisotopic (exact) mass is 467 g/mol. The van der Waals surface area contributed by atoms with Gasteiger partial charge in [-0.25, -0.2) is 0 Å². The predicted octanol–water partition coefficient (Wildman–Crippen LogP) is 2.47. The van der Waals surface area contributed by atoms with E-state index in [-0.39, 0.29) is 24.5 Å². The highest BCUT2D eigenvalue weighted by Gasteiger charge is 2.19. The van der Waals surface area contributed by atoms with Crippen LogP contribution in [0.4, 0.5) is 0 Å². The lowest BCUT2D eigenvalue weighted by Crippen LogP contribution is -2.33. The topological polar surface area (TPSA) is 94.2 Å². The molecule has 8 heteroatoms. The number of Topliss-reactive ketones (excluding diaryl/α,β-unsaturated/α-hetero) is 1. The number of ketones is 1. The van der Waals surface area contributed by atoms with E-state index in [1.165, 1.54) is 4.57 Å². The Morgan fingerprint density at radius 2 is 1.88 bits per heavy atom. The maximum Gasteiger partial charge on any atom is 0.269 e. The van der Waals surface area contributed by atoms with Crippen molar-refractivity contribution in [1.82, 2.24) is 9.55 Å². The highest BCUT2D eigenvalue weighted by atomic mass is 32.1. The summed E-state index contributed by atoms with van der Waals surface area (Å²) in [6.07, 6.45) is 3.30. The summed E-state index contributed by atoms with van der Waals surface area (Å²) in [5.41, 5.74) is 1.37. The zero-order chi connectivity index (χ0) is 23.5. The average molecular weight is 468 g/mol. The molecule has 0 N–H and O–H groups in total. The molecular formula is C26H17N3O4S. The molecule has 0 atom stereocenters. The summed E-state index contributed by atoms with van der Waals surface area (Å²) >= 11 is 1.10. The fourth-order valence-corrected chi connectivity index (χ4v) is 4.68. The number of nitrogens with zero attached hydrogens (tertiary/aromatic N) is 3. The Kier molecular flexibility index (Phi) is 5.77. The van der Waals surface area contributed by atoms with Crippen LogP contribution >= 0.6 is 11.3 Å². The lowest BCUT2D eigenvalue weighted by atomic mass is 10.1. The predicted molar refractivity (Wildman–Crippen MR) is 127 cm³/mol. The van der Waals surface area contributed by atoms with Crippen LogP contribution in [0.1, 0.15) is 21.6 Å². The molecule has 2 aromatic carbocycles. The largest absolute Gasteiger partial charge is 0.454 e. The molecular weight excluding hydrogens is 450 g/mol. The maximum absolute atomic E-state index is 13.4. The van der Waals surface area contributed by atoms with Gasteiger partial charge < -0.3 is 9.47 Å². The number of fused-ring (bicyclic) bond motifs is 1. The average Bonchev–Trinajstić information content (AvgIpc) is 3.46. The number of carbonyl (C=O) groups excluding carboxylic acids is 1. The summed E-state index contributed by atoms with van der Waals surface area (Å²) in [6.45, 7) is 0.300. The van der Waals surface area contributed by atoms with Crippen LogP contribution in [0.5, 0.6) is 11.5 Å². The molecule has 0 saturated heterocycles. The van der Waals surface area contributed by atoms with Gasteiger partial charge in [-0.1, -0.05) is 42.5 Å². The van der Waals surface area contributed by atoms with Gasteiger partial charge in [-0.05, 0) is 35.9 Å². The van der Waals surface area contributed by atoms with Crippen molar-refractivity contribution in [1.29, 1.82) is 5.26 Å². The van der Waals surface area contributed by atoms with Gasteiger partial charge in [0.15, 0.2) is 11.5 Å². The van der Waals surface area contributed by atoms with E-state index in [2.05, 4.69) is 4.98 Å². The van der Waals surface area contributed by atoms with Crippen LogP contribution in [0.15, 0.2) is 77.7 Å². The van der Waals surface area contributed by atoms with Crippen molar-refractivity contribution in [3.05, 3.63) is 109 Å². The lowest BCUT2D eigenvalue weighted by molar-refractivity contribution is 0.105. The highest BCUT2D eigenvalue weighted by molar-refractivity contribution is 7.07. The van der Waals surface area contributed by atoms with Gasteiger partial charge in [0.05, 0.1) is 16.8 Å². The van der Waals surface area contributed by atoms with Crippen molar-refractivity contribution in [2.75, 3.05) is 6.79 Å². The van der Waals surface area contributed by atoms with Gasteiger partial charge in [0.2, 0.25) is 12.6 Å². The number of carbonyl (C=O) groups is 1. The molecule has 5 rings (SSSR count). The molecule has 0 spiro atoms. The molecule has 3 heterocycles. The van der Waals surface area contributed by atoms with Crippen LogP contribution in [-0.4, -0.2) is 22.1 Å². The number of hydrogen-bond acceptors (Lipinski definition) is 7. The molecule has 2 aromatic heterocycles. The van der Waals surface area contributed by atoms with Crippen LogP contribution in [0, 0.1) is 11.3 Å².